The molecule has 1 atom stereocenters. The summed E-state index contributed by atoms with van der Waals surface area (Å²) in [6, 6.07) is 6.20. The average molecular weight is 314 g/mol. The van der Waals surface area contributed by atoms with Crippen molar-refractivity contribution in [2.75, 3.05) is 13.2 Å². The van der Waals surface area contributed by atoms with Crippen molar-refractivity contribution in [3.8, 4) is 5.75 Å². The second-order valence-corrected chi connectivity index (χ2v) is 7.22. The summed E-state index contributed by atoms with van der Waals surface area (Å²) < 4.78 is 32.7. The second kappa shape index (κ2) is 8.36. The monoisotopic (exact) mass is 314 g/mol. The van der Waals surface area contributed by atoms with Gasteiger partial charge < -0.3 is 10.5 Å². The van der Waals surface area contributed by atoms with E-state index in [4.69, 9.17) is 10.5 Å². The lowest BCUT2D eigenvalue weighted by Gasteiger charge is -2.19. The van der Waals surface area contributed by atoms with Gasteiger partial charge in [0.05, 0.1) is 11.5 Å². The molecule has 0 fully saturated rings. The summed E-state index contributed by atoms with van der Waals surface area (Å²) >= 11 is 0. The van der Waals surface area contributed by atoms with Gasteiger partial charge >= 0.3 is 0 Å². The Morgan fingerprint density at radius 2 is 1.86 bits per heavy atom. The van der Waals surface area contributed by atoms with Gasteiger partial charge in [-0.1, -0.05) is 20.8 Å². The normalized spacial score (nSPS) is 13.4. The maximum atomic E-state index is 12.3. The Labute approximate surface area is 127 Å². The summed E-state index contributed by atoms with van der Waals surface area (Å²) in [7, 11) is -3.54. The second-order valence-electron chi connectivity index (χ2n) is 5.50. The molecule has 21 heavy (non-hydrogen) atoms. The molecule has 0 aromatic heterocycles. The van der Waals surface area contributed by atoms with Crippen LogP contribution in [0.2, 0.25) is 0 Å². The molecule has 120 valence electrons. The van der Waals surface area contributed by atoms with Crippen molar-refractivity contribution in [3.63, 3.8) is 0 Å². The van der Waals surface area contributed by atoms with E-state index in [2.05, 4.69) is 4.72 Å². The van der Waals surface area contributed by atoms with Crippen LogP contribution in [0.3, 0.4) is 0 Å². The summed E-state index contributed by atoms with van der Waals surface area (Å²) in [5.74, 6) is 1.06. The van der Waals surface area contributed by atoms with Crippen molar-refractivity contribution in [2.45, 2.75) is 44.6 Å². The van der Waals surface area contributed by atoms with Crippen LogP contribution in [-0.4, -0.2) is 27.6 Å². The number of hydrogen-bond donors (Lipinski definition) is 2. The highest BCUT2D eigenvalue weighted by Crippen LogP contribution is 2.17. The number of ether oxygens (including phenoxy) is 1. The van der Waals surface area contributed by atoms with E-state index in [9.17, 15) is 8.42 Å². The van der Waals surface area contributed by atoms with E-state index < -0.39 is 10.0 Å². The highest BCUT2D eigenvalue weighted by Gasteiger charge is 2.19. The van der Waals surface area contributed by atoms with Crippen LogP contribution in [0.15, 0.2) is 29.2 Å². The van der Waals surface area contributed by atoms with Crippen LogP contribution in [0.4, 0.5) is 0 Å². The summed E-state index contributed by atoms with van der Waals surface area (Å²) in [5.41, 5.74) is 5.64. The van der Waals surface area contributed by atoms with Crippen molar-refractivity contribution < 1.29 is 13.2 Å². The van der Waals surface area contributed by atoms with Crippen LogP contribution in [0.5, 0.6) is 5.75 Å². The first-order valence-corrected chi connectivity index (χ1v) is 8.82. The Bertz CT molecular complexity index is 512. The van der Waals surface area contributed by atoms with Gasteiger partial charge in [0, 0.05) is 12.6 Å². The number of nitrogens with one attached hydrogen (secondary N) is 1. The SMILES string of the molecule is CCCOc1ccc(S(=O)(=O)NC(CN)CC(C)C)cc1. The number of nitrogens with two attached hydrogens (primary N) is 1. The topological polar surface area (TPSA) is 81.4 Å². The lowest BCUT2D eigenvalue weighted by Crippen LogP contribution is -2.40. The predicted molar refractivity (Wildman–Crippen MR) is 84.8 cm³/mol. The van der Waals surface area contributed by atoms with Crippen molar-refractivity contribution in [2.24, 2.45) is 11.7 Å². The van der Waals surface area contributed by atoms with Gasteiger partial charge in [0.15, 0.2) is 0 Å². The quantitative estimate of drug-likeness (QED) is 0.731. The molecular weight excluding hydrogens is 288 g/mol. The Morgan fingerprint density at radius 1 is 1.24 bits per heavy atom. The third-order valence-electron chi connectivity index (χ3n) is 2.97. The van der Waals surface area contributed by atoms with Crippen LogP contribution in [-0.2, 0) is 10.0 Å². The molecule has 1 aromatic carbocycles. The fraction of sp³-hybridized carbons (Fsp3) is 0.600. The largest absolute Gasteiger partial charge is 0.494 e. The molecule has 0 saturated heterocycles. The van der Waals surface area contributed by atoms with Gasteiger partial charge in [-0.3, -0.25) is 0 Å². The molecule has 3 N–H and O–H groups in total. The van der Waals surface area contributed by atoms with Crippen LogP contribution in [0, 0.1) is 5.92 Å². The molecule has 0 spiro atoms. The standard InChI is InChI=1S/C15H26N2O3S/c1-4-9-20-14-5-7-15(8-6-14)21(18,19)17-13(11-16)10-12(2)3/h5-8,12-13,17H,4,9-11,16H2,1-3H3. The van der Waals surface area contributed by atoms with Gasteiger partial charge in [0.2, 0.25) is 10.0 Å². The zero-order valence-corrected chi connectivity index (χ0v) is 13.8. The molecule has 5 nitrogen and oxygen atoms in total. The summed E-state index contributed by atoms with van der Waals surface area (Å²) in [4.78, 5) is 0.230. The minimum atomic E-state index is -3.54. The van der Waals surface area contributed by atoms with Crippen molar-refractivity contribution >= 4 is 10.0 Å². The van der Waals surface area contributed by atoms with Crippen molar-refractivity contribution in [3.05, 3.63) is 24.3 Å². The molecule has 0 bridgehead atoms. The molecule has 6 heteroatoms. The Hall–Kier alpha value is -1.11. The van der Waals surface area contributed by atoms with Gasteiger partial charge in [-0.25, -0.2) is 13.1 Å². The summed E-state index contributed by atoms with van der Waals surface area (Å²) in [6.07, 6.45) is 1.63. The molecule has 0 saturated carbocycles. The van der Waals surface area contributed by atoms with E-state index in [1.807, 2.05) is 20.8 Å². The molecule has 0 aliphatic carbocycles. The lowest BCUT2D eigenvalue weighted by atomic mass is 10.1. The van der Waals surface area contributed by atoms with E-state index in [1.165, 1.54) is 0 Å². The van der Waals surface area contributed by atoms with Crippen LogP contribution < -0.4 is 15.2 Å². The van der Waals surface area contributed by atoms with E-state index in [1.54, 1.807) is 24.3 Å². The molecule has 0 aliphatic heterocycles. The van der Waals surface area contributed by atoms with Crippen LogP contribution >= 0.6 is 0 Å². The third-order valence-corrected chi connectivity index (χ3v) is 4.51. The Kier molecular flexibility index (Phi) is 7.14. The Balaban J connectivity index is 2.77. The third kappa shape index (κ3) is 6.03. The molecule has 0 heterocycles. The van der Waals surface area contributed by atoms with Gasteiger partial charge in [-0.15, -0.1) is 0 Å². The maximum absolute atomic E-state index is 12.3. The zero-order valence-electron chi connectivity index (χ0n) is 13.0. The van der Waals surface area contributed by atoms with Crippen LogP contribution in [0.1, 0.15) is 33.6 Å². The highest BCUT2D eigenvalue weighted by molar-refractivity contribution is 7.89. The molecule has 0 amide bonds. The van der Waals surface area contributed by atoms with E-state index in [-0.39, 0.29) is 17.5 Å². The summed E-state index contributed by atoms with van der Waals surface area (Å²) in [6.45, 7) is 7.00. The lowest BCUT2D eigenvalue weighted by molar-refractivity contribution is 0.317. The zero-order chi connectivity index (χ0) is 15.9. The first-order chi connectivity index (χ1) is 9.89. The molecule has 1 aromatic rings. The first kappa shape index (κ1) is 17.9. The average Bonchev–Trinajstić information content (AvgIpc) is 2.44. The van der Waals surface area contributed by atoms with Gasteiger partial charge in [-0.2, -0.15) is 0 Å². The fourth-order valence-electron chi connectivity index (χ4n) is 1.98. The van der Waals surface area contributed by atoms with Crippen molar-refractivity contribution in [1.82, 2.24) is 4.72 Å². The summed E-state index contributed by atoms with van der Waals surface area (Å²) in [5, 5.41) is 0. The predicted octanol–water partition coefficient (Wildman–Crippen LogP) is 2.13. The highest BCUT2D eigenvalue weighted by atomic mass is 32.2. The molecule has 1 rings (SSSR count). The van der Waals surface area contributed by atoms with E-state index >= 15 is 0 Å². The number of benzene rings is 1. The van der Waals surface area contributed by atoms with Gasteiger partial charge in [-0.05, 0) is 43.0 Å². The van der Waals surface area contributed by atoms with Crippen LogP contribution in [0.25, 0.3) is 0 Å². The van der Waals surface area contributed by atoms with E-state index in [0.717, 1.165) is 6.42 Å². The van der Waals surface area contributed by atoms with E-state index in [0.29, 0.717) is 24.7 Å². The van der Waals surface area contributed by atoms with Crippen molar-refractivity contribution in [1.29, 1.82) is 0 Å². The van der Waals surface area contributed by atoms with Gasteiger partial charge in [0.25, 0.3) is 0 Å². The first-order valence-electron chi connectivity index (χ1n) is 7.34. The smallest absolute Gasteiger partial charge is 0.240 e. The number of rotatable bonds is 9. The molecule has 1 unspecified atom stereocenters. The molecule has 0 aliphatic rings. The molecular formula is C15H26N2O3S. The minimum Gasteiger partial charge on any atom is -0.494 e. The minimum absolute atomic E-state index is 0.230. The molecule has 0 radical (unpaired) electrons. The van der Waals surface area contributed by atoms with Gasteiger partial charge in [0.1, 0.15) is 5.75 Å². The number of hydrogen-bond acceptors (Lipinski definition) is 4. The fourth-order valence-corrected chi connectivity index (χ4v) is 3.25. The number of sulfonamides is 1. The Morgan fingerprint density at radius 3 is 2.33 bits per heavy atom. The maximum Gasteiger partial charge on any atom is 0.240 e.